The Morgan fingerprint density at radius 1 is 1.00 bits per heavy atom. The summed E-state index contributed by atoms with van der Waals surface area (Å²) in [5.41, 5.74) is 6.21. The predicted molar refractivity (Wildman–Crippen MR) is 107 cm³/mol. The highest BCUT2D eigenvalue weighted by molar-refractivity contribution is 6.02. The molecule has 1 fully saturated rings. The minimum absolute atomic E-state index is 0.177. The lowest BCUT2D eigenvalue weighted by Gasteiger charge is -2.16. The van der Waals surface area contributed by atoms with E-state index in [-0.39, 0.29) is 6.10 Å². The first kappa shape index (κ1) is 16.0. The molecule has 1 saturated heterocycles. The van der Waals surface area contributed by atoms with Crippen LogP contribution < -0.4 is 10.1 Å². The highest BCUT2D eigenvalue weighted by Crippen LogP contribution is 2.40. The predicted octanol–water partition coefficient (Wildman–Crippen LogP) is 4.03. The fourth-order valence-corrected chi connectivity index (χ4v) is 3.70. The van der Waals surface area contributed by atoms with Gasteiger partial charge in [0.15, 0.2) is 0 Å². The average molecular weight is 356 g/mol. The third-order valence-corrected chi connectivity index (χ3v) is 4.98. The van der Waals surface area contributed by atoms with Crippen molar-refractivity contribution in [3.8, 4) is 28.1 Å². The molecule has 3 aromatic heterocycles. The molecule has 5 nitrogen and oxygen atoms in total. The summed E-state index contributed by atoms with van der Waals surface area (Å²) in [7, 11) is 0. The first-order valence-corrected chi connectivity index (χ1v) is 9.24. The lowest BCUT2D eigenvalue weighted by Crippen LogP contribution is -2.20. The Bertz CT molecular complexity index is 1070. The molecule has 1 aliphatic heterocycles. The summed E-state index contributed by atoms with van der Waals surface area (Å²) in [6.07, 6.45) is 6.63. The van der Waals surface area contributed by atoms with Crippen LogP contribution in [0.15, 0.2) is 67.1 Å². The van der Waals surface area contributed by atoms with Crippen LogP contribution in [0.4, 0.5) is 0 Å². The Morgan fingerprint density at radius 2 is 1.93 bits per heavy atom. The Labute approximate surface area is 157 Å². The summed E-state index contributed by atoms with van der Waals surface area (Å²) in [5.74, 6) is 0.801. The van der Waals surface area contributed by atoms with Crippen molar-refractivity contribution in [2.24, 2.45) is 0 Å². The average Bonchev–Trinajstić information content (AvgIpc) is 3.36. The van der Waals surface area contributed by atoms with Gasteiger partial charge in [-0.3, -0.25) is 9.97 Å². The van der Waals surface area contributed by atoms with Crippen LogP contribution in [-0.4, -0.2) is 34.1 Å². The molecule has 5 heteroatoms. The maximum absolute atomic E-state index is 6.28. The van der Waals surface area contributed by atoms with Gasteiger partial charge in [-0.25, -0.2) is 0 Å². The van der Waals surface area contributed by atoms with Crippen LogP contribution >= 0.6 is 0 Å². The van der Waals surface area contributed by atoms with Gasteiger partial charge in [-0.15, -0.1) is 0 Å². The molecule has 2 N–H and O–H groups in total. The molecule has 1 unspecified atom stereocenters. The first-order chi connectivity index (χ1) is 13.4. The molecular weight excluding hydrogens is 336 g/mol. The fraction of sp³-hybridized carbons (Fsp3) is 0.182. The lowest BCUT2D eigenvalue weighted by atomic mass is 10.0. The normalized spacial score (nSPS) is 16.7. The van der Waals surface area contributed by atoms with Gasteiger partial charge < -0.3 is 15.0 Å². The molecule has 1 atom stereocenters. The number of aromatic amines is 1. The fourth-order valence-electron chi connectivity index (χ4n) is 3.70. The summed E-state index contributed by atoms with van der Waals surface area (Å²) < 4.78 is 6.28. The topological polar surface area (TPSA) is 62.8 Å². The zero-order chi connectivity index (χ0) is 18.1. The van der Waals surface area contributed by atoms with Crippen molar-refractivity contribution in [3.05, 3.63) is 67.1 Å². The van der Waals surface area contributed by atoms with Crippen molar-refractivity contribution in [1.29, 1.82) is 0 Å². The third-order valence-electron chi connectivity index (χ3n) is 4.98. The molecule has 0 spiro atoms. The maximum Gasteiger partial charge on any atom is 0.147 e. The largest absolute Gasteiger partial charge is 0.487 e. The number of hydrogen-bond acceptors (Lipinski definition) is 4. The summed E-state index contributed by atoms with van der Waals surface area (Å²) in [6.45, 7) is 1.86. The smallest absolute Gasteiger partial charge is 0.147 e. The van der Waals surface area contributed by atoms with E-state index >= 15 is 0 Å². The second-order valence-electron chi connectivity index (χ2n) is 6.75. The van der Waals surface area contributed by atoms with E-state index in [1.165, 1.54) is 0 Å². The number of pyridine rings is 2. The second-order valence-corrected chi connectivity index (χ2v) is 6.75. The monoisotopic (exact) mass is 356 g/mol. The van der Waals surface area contributed by atoms with Gasteiger partial charge >= 0.3 is 0 Å². The van der Waals surface area contributed by atoms with Gasteiger partial charge in [-0.05, 0) is 36.7 Å². The van der Waals surface area contributed by atoms with E-state index in [2.05, 4.69) is 50.6 Å². The molecule has 0 bridgehead atoms. The van der Waals surface area contributed by atoms with Gasteiger partial charge in [0.05, 0.1) is 22.9 Å². The summed E-state index contributed by atoms with van der Waals surface area (Å²) >= 11 is 0. The molecule has 1 aliphatic rings. The van der Waals surface area contributed by atoms with E-state index in [9.17, 15) is 0 Å². The van der Waals surface area contributed by atoms with Crippen LogP contribution in [0, 0.1) is 0 Å². The Balaban J connectivity index is 1.70. The SMILES string of the molecule is c1ccc(-c2c(-c3ccncc3OC3CCNC3)[nH]c3cccnc23)cc1. The minimum Gasteiger partial charge on any atom is -0.487 e. The number of benzene rings is 1. The second kappa shape index (κ2) is 6.85. The molecule has 0 amide bonds. The molecule has 4 heterocycles. The maximum atomic E-state index is 6.28. The minimum atomic E-state index is 0.177. The summed E-state index contributed by atoms with van der Waals surface area (Å²) in [4.78, 5) is 12.5. The lowest BCUT2D eigenvalue weighted by molar-refractivity contribution is 0.223. The molecule has 0 radical (unpaired) electrons. The number of rotatable bonds is 4. The van der Waals surface area contributed by atoms with Gasteiger partial charge in [0.2, 0.25) is 0 Å². The van der Waals surface area contributed by atoms with Crippen molar-refractivity contribution in [2.75, 3.05) is 13.1 Å². The van der Waals surface area contributed by atoms with E-state index in [0.717, 1.165) is 58.7 Å². The number of fused-ring (bicyclic) bond motifs is 1. The van der Waals surface area contributed by atoms with E-state index in [1.54, 1.807) is 6.20 Å². The van der Waals surface area contributed by atoms with Crippen LogP contribution in [0.2, 0.25) is 0 Å². The summed E-state index contributed by atoms with van der Waals surface area (Å²) in [6, 6.07) is 16.4. The number of H-pyrrole nitrogens is 1. The van der Waals surface area contributed by atoms with E-state index < -0.39 is 0 Å². The van der Waals surface area contributed by atoms with Crippen molar-refractivity contribution in [3.63, 3.8) is 0 Å². The zero-order valence-electron chi connectivity index (χ0n) is 14.9. The molecule has 134 valence electrons. The van der Waals surface area contributed by atoms with Crippen molar-refractivity contribution < 1.29 is 4.74 Å². The van der Waals surface area contributed by atoms with Crippen LogP contribution in [-0.2, 0) is 0 Å². The van der Waals surface area contributed by atoms with Gasteiger partial charge in [0.25, 0.3) is 0 Å². The van der Waals surface area contributed by atoms with E-state index in [1.807, 2.05) is 30.6 Å². The van der Waals surface area contributed by atoms with Crippen molar-refractivity contribution in [1.82, 2.24) is 20.3 Å². The van der Waals surface area contributed by atoms with Crippen LogP contribution in [0.25, 0.3) is 33.4 Å². The number of aromatic nitrogens is 3. The molecule has 0 saturated carbocycles. The Kier molecular flexibility index (Phi) is 4.07. The summed E-state index contributed by atoms with van der Waals surface area (Å²) in [5, 5.41) is 3.35. The first-order valence-electron chi connectivity index (χ1n) is 9.24. The number of hydrogen-bond donors (Lipinski definition) is 2. The molecular formula is C22H20N4O. The quantitative estimate of drug-likeness (QED) is 0.579. The van der Waals surface area contributed by atoms with Gasteiger partial charge in [0, 0.05) is 30.1 Å². The highest BCUT2D eigenvalue weighted by atomic mass is 16.5. The highest BCUT2D eigenvalue weighted by Gasteiger charge is 2.22. The van der Waals surface area contributed by atoms with E-state index in [4.69, 9.17) is 4.74 Å². The van der Waals surface area contributed by atoms with Gasteiger partial charge in [0.1, 0.15) is 11.9 Å². The molecule has 5 rings (SSSR count). The van der Waals surface area contributed by atoms with Gasteiger partial charge in [-0.1, -0.05) is 30.3 Å². The molecule has 27 heavy (non-hydrogen) atoms. The van der Waals surface area contributed by atoms with Crippen LogP contribution in [0.3, 0.4) is 0 Å². The third kappa shape index (κ3) is 2.96. The zero-order valence-corrected chi connectivity index (χ0v) is 14.9. The van der Waals surface area contributed by atoms with Gasteiger partial charge in [-0.2, -0.15) is 0 Å². The van der Waals surface area contributed by atoms with Crippen molar-refractivity contribution in [2.45, 2.75) is 12.5 Å². The number of nitrogens with zero attached hydrogens (tertiary/aromatic N) is 2. The number of nitrogens with one attached hydrogen (secondary N) is 2. The van der Waals surface area contributed by atoms with E-state index in [0.29, 0.717) is 0 Å². The van der Waals surface area contributed by atoms with Crippen LogP contribution in [0.1, 0.15) is 6.42 Å². The molecule has 0 aliphatic carbocycles. The standard InChI is InChI=1S/C22H20N4O/c1-2-5-15(6-3-1)20-21(26-18-7-4-10-25-22(18)20)17-9-12-24-14-19(17)27-16-8-11-23-13-16/h1-7,9-10,12,14,16,23,26H,8,11,13H2. The van der Waals surface area contributed by atoms with Crippen molar-refractivity contribution >= 4 is 11.0 Å². The molecule has 4 aromatic rings. The molecule has 1 aromatic carbocycles. The van der Waals surface area contributed by atoms with Crippen LogP contribution in [0.5, 0.6) is 5.75 Å². The number of ether oxygens (including phenoxy) is 1. The Hall–Kier alpha value is -3.18. The Morgan fingerprint density at radius 3 is 2.78 bits per heavy atom.